The zero-order valence-electron chi connectivity index (χ0n) is 17.6. The predicted octanol–water partition coefficient (Wildman–Crippen LogP) is 4.74. The highest BCUT2D eigenvalue weighted by atomic mass is 32.2. The summed E-state index contributed by atoms with van der Waals surface area (Å²) in [7, 11) is 1.60. The maximum Gasteiger partial charge on any atom is 0.338 e. The standard InChI is InChI=1S/C23H22N2O5S2/c1-3-30-22(27)16-6-8-17(9-7-16)24-20(26)12-13-25-21(31)19(32-23(25)28)14-15-4-10-18(29-2)11-5-15/h4-11,14H,3,12-13H2,1-2H3,(H,24,26). The largest absolute Gasteiger partial charge is 0.497 e. The Morgan fingerprint density at radius 3 is 2.44 bits per heavy atom. The summed E-state index contributed by atoms with van der Waals surface area (Å²) in [5.41, 5.74) is 1.85. The molecule has 1 aliphatic rings. The summed E-state index contributed by atoms with van der Waals surface area (Å²) in [4.78, 5) is 38.9. The van der Waals surface area contributed by atoms with Crippen LogP contribution in [0.5, 0.6) is 5.75 Å². The number of hydrogen-bond acceptors (Lipinski definition) is 7. The van der Waals surface area contributed by atoms with Gasteiger partial charge in [-0.3, -0.25) is 14.5 Å². The van der Waals surface area contributed by atoms with Gasteiger partial charge in [0.25, 0.3) is 5.24 Å². The van der Waals surface area contributed by atoms with Gasteiger partial charge >= 0.3 is 5.97 Å². The number of methoxy groups -OCH3 is 1. The minimum Gasteiger partial charge on any atom is -0.497 e. The minimum atomic E-state index is -0.414. The van der Waals surface area contributed by atoms with Crippen molar-refractivity contribution in [2.75, 3.05) is 25.6 Å². The van der Waals surface area contributed by atoms with Gasteiger partial charge in [-0.2, -0.15) is 0 Å². The van der Waals surface area contributed by atoms with E-state index in [-0.39, 0.29) is 24.1 Å². The molecule has 0 aromatic heterocycles. The summed E-state index contributed by atoms with van der Waals surface area (Å²) in [5, 5.41) is 2.54. The van der Waals surface area contributed by atoms with Gasteiger partial charge in [-0.05, 0) is 66.7 Å². The molecular formula is C23H22N2O5S2. The maximum absolute atomic E-state index is 12.4. The Morgan fingerprint density at radius 2 is 1.81 bits per heavy atom. The summed E-state index contributed by atoms with van der Waals surface area (Å²) < 4.78 is 10.1. The molecule has 0 unspecified atom stereocenters. The molecule has 1 heterocycles. The molecular weight excluding hydrogens is 448 g/mol. The second-order valence-electron chi connectivity index (χ2n) is 6.70. The fourth-order valence-corrected chi connectivity index (χ4v) is 4.17. The van der Waals surface area contributed by atoms with E-state index in [2.05, 4.69) is 5.32 Å². The normalized spacial score (nSPS) is 14.6. The number of hydrogen-bond donors (Lipinski definition) is 1. The lowest BCUT2D eigenvalue weighted by molar-refractivity contribution is -0.116. The highest BCUT2D eigenvalue weighted by molar-refractivity contribution is 8.19. The van der Waals surface area contributed by atoms with Crippen LogP contribution in [0.1, 0.15) is 29.3 Å². The van der Waals surface area contributed by atoms with E-state index in [1.54, 1.807) is 38.3 Å². The number of ether oxygens (including phenoxy) is 2. The Kier molecular flexibility index (Phi) is 8.02. The lowest BCUT2D eigenvalue weighted by atomic mass is 10.2. The number of nitrogens with one attached hydrogen (secondary N) is 1. The molecule has 0 atom stereocenters. The predicted molar refractivity (Wildman–Crippen MR) is 129 cm³/mol. The topological polar surface area (TPSA) is 84.9 Å². The smallest absolute Gasteiger partial charge is 0.338 e. The minimum absolute atomic E-state index is 0.0852. The molecule has 32 heavy (non-hydrogen) atoms. The SMILES string of the molecule is CCOC(=O)c1ccc(NC(=O)CCN2C(=O)SC(=Cc3ccc(OC)cc3)C2=S)cc1. The van der Waals surface area contributed by atoms with Gasteiger partial charge < -0.3 is 14.8 Å². The highest BCUT2D eigenvalue weighted by Crippen LogP contribution is 2.33. The lowest BCUT2D eigenvalue weighted by Gasteiger charge is -2.14. The van der Waals surface area contributed by atoms with Crippen LogP contribution in [0.3, 0.4) is 0 Å². The first kappa shape index (κ1) is 23.5. The second kappa shape index (κ2) is 10.9. The third kappa shape index (κ3) is 5.95. The van der Waals surface area contributed by atoms with Gasteiger partial charge in [0.1, 0.15) is 10.7 Å². The first-order valence-corrected chi connectivity index (χ1v) is 11.1. The van der Waals surface area contributed by atoms with E-state index in [1.807, 2.05) is 30.3 Å². The monoisotopic (exact) mass is 470 g/mol. The van der Waals surface area contributed by atoms with Crippen molar-refractivity contribution in [2.24, 2.45) is 0 Å². The molecule has 166 valence electrons. The summed E-state index contributed by atoms with van der Waals surface area (Å²) in [6.45, 7) is 2.21. The fourth-order valence-electron chi connectivity index (χ4n) is 2.89. The number of anilines is 1. The van der Waals surface area contributed by atoms with E-state index in [1.165, 1.54) is 4.90 Å². The van der Waals surface area contributed by atoms with Crippen LogP contribution in [-0.4, -0.2) is 47.3 Å². The van der Waals surface area contributed by atoms with Crippen LogP contribution in [-0.2, 0) is 9.53 Å². The molecule has 1 fully saturated rings. The molecule has 0 radical (unpaired) electrons. The molecule has 0 bridgehead atoms. The van der Waals surface area contributed by atoms with Crippen LogP contribution in [0, 0.1) is 0 Å². The van der Waals surface area contributed by atoms with Gasteiger partial charge in [0, 0.05) is 18.7 Å². The average molecular weight is 471 g/mol. The number of thioether (sulfide) groups is 1. The number of esters is 1. The van der Waals surface area contributed by atoms with Gasteiger partial charge in [-0.25, -0.2) is 4.79 Å². The van der Waals surface area contributed by atoms with Gasteiger partial charge in [0.2, 0.25) is 5.91 Å². The molecule has 3 rings (SSSR count). The van der Waals surface area contributed by atoms with Gasteiger partial charge in [0.15, 0.2) is 0 Å². The highest BCUT2D eigenvalue weighted by Gasteiger charge is 2.31. The van der Waals surface area contributed by atoms with Crippen molar-refractivity contribution in [3.63, 3.8) is 0 Å². The van der Waals surface area contributed by atoms with Gasteiger partial charge in [0.05, 0.1) is 24.2 Å². The Bertz CT molecular complexity index is 1050. The van der Waals surface area contributed by atoms with E-state index in [0.29, 0.717) is 27.8 Å². The Morgan fingerprint density at radius 1 is 1.12 bits per heavy atom. The number of carbonyl (C=O) groups is 3. The van der Waals surface area contributed by atoms with E-state index in [0.717, 1.165) is 23.1 Å². The van der Waals surface area contributed by atoms with Crippen molar-refractivity contribution in [1.82, 2.24) is 4.90 Å². The summed E-state index contributed by atoms with van der Waals surface area (Å²) in [5.74, 6) is 0.0672. The molecule has 0 aliphatic carbocycles. The van der Waals surface area contributed by atoms with Crippen LogP contribution >= 0.6 is 24.0 Å². The van der Waals surface area contributed by atoms with Crippen molar-refractivity contribution >= 4 is 57.8 Å². The Hall–Kier alpha value is -3.17. The van der Waals surface area contributed by atoms with Crippen molar-refractivity contribution < 1.29 is 23.9 Å². The first-order valence-electron chi connectivity index (χ1n) is 9.87. The Balaban J connectivity index is 1.55. The maximum atomic E-state index is 12.4. The number of rotatable bonds is 8. The molecule has 1 saturated heterocycles. The Labute approximate surface area is 195 Å². The lowest BCUT2D eigenvalue weighted by Crippen LogP contribution is -2.30. The van der Waals surface area contributed by atoms with E-state index in [4.69, 9.17) is 21.7 Å². The van der Waals surface area contributed by atoms with Crippen LogP contribution < -0.4 is 10.1 Å². The number of benzene rings is 2. The third-order valence-electron chi connectivity index (χ3n) is 4.53. The van der Waals surface area contributed by atoms with E-state index in [9.17, 15) is 14.4 Å². The molecule has 0 spiro atoms. The summed E-state index contributed by atoms with van der Waals surface area (Å²) in [6, 6.07) is 13.8. The molecule has 1 aliphatic heterocycles. The molecule has 2 amide bonds. The van der Waals surface area contributed by atoms with Crippen LogP contribution in [0.2, 0.25) is 0 Å². The van der Waals surface area contributed by atoms with Crippen LogP contribution in [0.15, 0.2) is 53.4 Å². The molecule has 0 saturated carbocycles. The van der Waals surface area contributed by atoms with E-state index < -0.39 is 5.97 Å². The second-order valence-corrected chi connectivity index (χ2v) is 8.08. The molecule has 1 N–H and O–H groups in total. The van der Waals surface area contributed by atoms with Crippen molar-refractivity contribution in [3.05, 3.63) is 64.6 Å². The zero-order valence-corrected chi connectivity index (χ0v) is 19.3. The number of thiocarbonyl (C=S) groups is 1. The number of carbonyl (C=O) groups excluding carboxylic acids is 3. The van der Waals surface area contributed by atoms with Crippen molar-refractivity contribution in [3.8, 4) is 5.75 Å². The number of nitrogens with zero attached hydrogens (tertiary/aromatic N) is 1. The number of amides is 2. The summed E-state index contributed by atoms with van der Waals surface area (Å²) in [6.07, 6.45) is 1.93. The van der Waals surface area contributed by atoms with Crippen molar-refractivity contribution in [2.45, 2.75) is 13.3 Å². The molecule has 2 aromatic carbocycles. The van der Waals surface area contributed by atoms with Crippen molar-refractivity contribution in [1.29, 1.82) is 0 Å². The fraction of sp³-hybridized carbons (Fsp3) is 0.217. The van der Waals surface area contributed by atoms with Crippen LogP contribution in [0.25, 0.3) is 6.08 Å². The first-order chi connectivity index (χ1) is 15.4. The molecule has 9 heteroatoms. The molecule has 7 nitrogen and oxygen atoms in total. The van der Waals surface area contributed by atoms with E-state index >= 15 is 0 Å². The molecule has 2 aromatic rings. The van der Waals surface area contributed by atoms with Gasteiger partial charge in [-0.1, -0.05) is 24.4 Å². The quantitative estimate of drug-likeness (QED) is 0.339. The summed E-state index contributed by atoms with van der Waals surface area (Å²) >= 11 is 6.49. The van der Waals surface area contributed by atoms with Gasteiger partial charge in [-0.15, -0.1) is 0 Å². The van der Waals surface area contributed by atoms with Crippen LogP contribution in [0.4, 0.5) is 10.5 Å². The third-order valence-corrected chi connectivity index (χ3v) is 6.03. The zero-order chi connectivity index (χ0) is 23.1. The average Bonchev–Trinajstić information content (AvgIpc) is 3.05.